The van der Waals surface area contributed by atoms with Gasteiger partial charge >= 0.3 is 11.9 Å². The first-order valence-electron chi connectivity index (χ1n) is 16.8. The first kappa shape index (κ1) is 33.6. The van der Waals surface area contributed by atoms with Gasteiger partial charge < -0.3 is 25.1 Å². The van der Waals surface area contributed by atoms with Crippen molar-refractivity contribution in [3.63, 3.8) is 0 Å². The molecular formula is C36H57NO7. The molecule has 1 saturated heterocycles. The van der Waals surface area contributed by atoms with E-state index in [1.165, 1.54) is 6.92 Å². The number of ketones is 1. The second kappa shape index (κ2) is 10.6. The maximum absolute atomic E-state index is 14.7. The third-order valence-corrected chi connectivity index (χ3v) is 13.9. The van der Waals surface area contributed by atoms with Crippen LogP contribution in [0.3, 0.4) is 0 Å². The zero-order chi connectivity index (χ0) is 32.8. The zero-order valence-electron chi connectivity index (χ0n) is 28.7. The van der Waals surface area contributed by atoms with E-state index in [0.717, 1.165) is 31.3 Å². The van der Waals surface area contributed by atoms with Gasteiger partial charge in [0.15, 0.2) is 5.78 Å². The van der Waals surface area contributed by atoms with Gasteiger partial charge in [0.05, 0.1) is 25.7 Å². The van der Waals surface area contributed by atoms with E-state index in [-0.39, 0.29) is 29.5 Å². The standard InChI is InChI=1S/C36H57NO7/c1-20(2)21(3)32(7)13-14-34(9)23-11-12-26-33(8)18-42-19-36(26,24(23)15-27(39)35(34,10)28(32)30(40)41)16-25(44-22(4)38)29(33)43-17-31(5,6)37/h15,20-21,23,25-26,28-29H,11-14,16-19,37H2,1-10H3,(H,40,41)/t21-,23+,25-,26+,28-,29+,32-,33?,34-,35+,36+/m1/s1. The Morgan fingerprint density at radius 3 is 2.34 bits per heavy atom. The van der Waals surface area contributed by atoms with Gasteiger partial charge in [0, 0.05) is 28.7 Å². The molecular weight excluding hydrogens is 558 g/mol. The van der Waals surface area contributed by atoms with Crippen molar-refractivity contribution in [2.75, 3.05) is 19.8 Å². The summed E-state index contributed by atoms with van der Waals surface area (Å²) >= 11 is 0. The Kier molecular flexibility index (Phi) is 8.11. The molecule has 0 aromatic heterocycles. The summed E-state index contributed by atoms with van der Waals surface area (Å²) in [6, 6.07) is 0. The van der Waals surface area contributed by atoms with Gasteiger partial charge in [0.25, 0.3) is 0 Å². The van der Waals surface area contributed by atoms with Crippen LogP contribution in [0.2, 0.25) is 0 Å². The van der Waals surface area contributed by atoms with Crippen molar-refractivity contribution < 1.29 is 33.7 Å². The quantitative estimate of drug-likeness (QED) is 0.344. The smallest absolute Gasteiger partial charge is 0.308 e. The number of carbonyl (C=O) groups excluding carboxylic acids is 2. The highest BCUT2D eigenvalue weighted by Crippen LogP contribution is 2.74. The van der Waals surface area contributed by atoms with Crippen molar-refractivity contribution in [2.24, 2.45) is 62.4 Å². The lowest BCUT2D eigenvalue weighted by Gasteiger charge is -2.70. The van der Waals surface area contributed by atoms with E-state index in [4.69, 9.17) is 19.9 Å². The van der Waals surface area contributed by atoms with E-state index >= 15 is 0 Å². The minimum Gasteiger partial charge on any atom is -0.481 e. The number of rotatable bonds is 7. The average Bonchev–Trinajstić information content (AvgIpc) is 2.88. The maximum Gasteiger partial charge on any atom is 0.308 e. The van der Waals surface area contributed by atoms with Gasteiger partial charge in [-0.1, -0.05) is 54.0 Å². The predicted molar refractivity (Wildman–Crippen MR) is 168 cm³/mol. The Bertz CT molecular complexity index is 1240. The molecule has 1 heterocycles. The molecule has 3 saturated carbocycles. The first-order valence-corrected chi connectivity index (χ1v) is 16.8. The van der Waals surface area contributed by atoms with Crippen molar-refractivity contribution >= 4 is 17.7 Å². The van der Waals surface area contributed by atoms with Gasteiger partial charge in [0.2, 0.25) is 0 Å². The highest BCUT2D eigenvalue weighted by molar-refractivity contribution is 6.00. The second-order valence-corrected chi connectivity index (χ2v) is 17.3. The number of nitrogens with two attached hydrogens (primary N) is 1. The molecule has 5 aliphatic rings. The van der Waals surface area contributed by atoms with Crippen LogP contribution < -0.4 is 5.73 Å². The van der Waals surface area contributed by atoms with Crippen LogP contribution >= 0.6 is 0 Å². The molecule has 44 heavy (non-hydrogen) atoms. The fourth-order valence-corrected chi connectivity index (χ4v) is 11.3. The lowest BCUT2D eigenvalue weighted by molar-refractivity contribution is -0.267. The molecule has 2 bridgehead atoms. The number of hydrogen-bond donors (Lipinski definition) is 2. The van der Waals surface area contributed by atoms with Crippen LogP contribution in [0.15, 0.2) is 11.6 Å². The zero-order valence-corrected chi connectivity index (χ0v) is 28.7. The Hall–Kier alpha value is -1.77. The topological polar surface area (TPSA) is 125 Å². The highest BCUT2D eigenvalue weighted by atomic mass is 16.6. The van der Waals surface area contributed by atoms with Crippen molar-refractivity contribution in [3.05, 3.63) is 11.6 Å². The van der Waals surface area contributed by atoms with Crippen molar-refractivity contribution in [1.82, 2.24) is 0 Å². The highest BCUT2D eigenvalue weighted by Gasteiger charge is 2.74. The molecule has 4 aliphatic carbocycles. The summed E-state index contributed by atoms with van der Waals surface area (Å²) in [4.78, 5) is 40.5. The summed E-state index contributed by atoms with van der Waals surface area (Å²) in [7, 11) is 0. The van der Waals surface area contributed by atoms with Crippen LogP contribution in [0.25, 0.3) is 0 Å². The molecule has 3 N–H and O–H groups in total. The minimum absolute atomic E-state index is 0.0339. The largest absolute Gasteiger partial charge is 0.481 e. The maximum atomic E-state index is 14.7. The number of esters is 1. The monoisotopic (exact) mass is 615 g/mol. The molecule has 8 nitrogen and oxygen atoms in total. The average molecular weight is 616 g/mol. The lowest BCUT2D eigenvalue weighted by atomic mass is 9.34. The van der Waals surface area contributed by atoms with Crippen LogP contribution in [0, 0.1) is 56.7 Å². The molecule has 5 rings (SSSR count). The third kappa shape index (κ3) is 4.58. The van der Waals surface area contributed by atoms with Gasteiger partial charge in [-0.3, -0.25) is 14.4 Å². The number of allylic oxidation sites excluding steroid dienone is 1. The number of aliphatic carboxylic acids is 1. The van der Waals surface area contributed by atoms with E-state index < -0.39 is 56.7 Å². The SMILES string of the molecule is CC(=O)O[C@@H]1C[C@@]23COCC(C)([C@H]1OCC(C)(C)N)[C@@H]2CC[C@H]1C3=CC(=O)[C@@]2(C)[C@H](C(=O)O)[C@@](C)([C@H](C)C(C)C)CC[C@]12C. The van der Waals surface area contributed by atoms with Gasteiger partial charge in [-0.15, -0.1) is 0 Å². The van der Waals surface area contributed by atoms with Crippen molar-refractivity contribution in [3.8, 4) is 0 Å². The molecule has 1 aliphatic heterocycles. The Labute approximate surface area is 264 Å². The molecule has 0 amide bonds. The van der Waals surface area contributed by atoms with Gasteiger partial charge in [0.1, 0.15) is 12.2 Å². The van der Waals surface area contributed by atoms with Crippen molar-refractivity contribution in [1.29, 1.82) is 0 Å². The normalized spacial score (nSPS) is 45.9. The Morgan fingerprint density at radius 2 is 1.77 bits per heavy atom. The summed E-state index contributed by atoms with van der Waals surface area (Å²) in [6.45, 7) is 21.4. The van der Waals surface area contributed by atoms with E-state index in [2.05, 4.69) is 41.5 Å². The van der Waals surface area contributed by atoms with Crippen LogP contribution in [0.5, 0.6) is 0 Å². The first-order chi connectivity index (χ1) is 20.2. The van der Waals surface area contributed by atoms with Crippen LogP contribution in [0.1, 0.15) is 101 Å². The summed E-state index contributed by atoms with van der Waals surface area (Å²) in [5.41, 5.74) is 3.81. The summed E-state index contributed by atoms with van der Waals surface area (Å²) in [6.07, 6.45) is 4.79. The fraction of sp³-hybridized carbons (Fsp3) is 0.861. The fourth-order valence-electron chi connectivity index (χ4n) is 11.3. The Balaban J connectivity index is 1.64. The predicted octanol–water partition coefficient (Wildman–Crippen LogP) is 5.81. The van der Waals surface area contributed by atoms with Gasteiger partial charge in [-0.25, -0.2) is 0 Å². The molecule has 0 aromatic rings. The number of carbonyl (C=O) groups is 3. The number of ether oxygens (including phenoxy) is 3. The molecule has 4 fully saturated rings. The number of hydrogen-bond acceptors (Lipinski definition) is 7. The van der Waals surface area contributed by atoms with E-state index in [1.807, 2.05) is 26.8 Å². The van der Waals surface area contributed by atoms with Crippen LogP contribution in [0.4, 0.5) is 0 Å². The number of carboxylic acids is 1. The number of carboxylic acid groups (broad SMARTS) is 1. The molecule has 0 spiro atoms. The molecule has 0 aromatic carbocycles. The third-order valence-electron chi connectivity index (χ3n) is 13.9. The number of fused-ring (bicyclic) bond motifs is 3. The second-order valence-electron chi connectivity index (χ2n) is 17.3. The summed E-state index contributed by atoms with van der Waals surface area (Å²) in [5, 5.41) is 10.9. The lowest BCUT2D eigenvalue weighted by Crippen LogP contribution is -2.71. The van der Waals surface area contributed by atoms with Crippen LogP contribution in [-0.4, -0.2) is 60.4 Å². The summed E-state index contributed by atoms with van der Waals surface area (Å²) < 4.78 is 19.0. The molecule has 8 heteroatoms. The molecule has 1 unspecified atom stereocenters. The molecule has 11 atom stereocenters. The Morgan fingerprint density at radius 1 is 1.11 bits per heavy atom. The van der Waals surface area contributed by atoms with E-state index in [1.54, 1.807) is 0 Å². The van der Waals surface area contributed by atoms with Gasteiger partial charge in [-0.05, 0) is 86.5 Å². The van der Waals surface area contributed by atoms with Gasteiger partial charge in [-0.2, -0.15) is 0 Å². The summed E-state index contributed by atoms with van der Waals surface area (Å²) in [5.74, 6) is -1.46. The molecule has 248 valence electrons. The van der Waals surface area contributed by atoms with Crippen molar-refractivity contribution in [2.45, 2.75) is 119 Å². The molecule has 0 radical (unpaired) electrons. The van der Waals surface area contributed by atoms with E-state index in [0.29, 0.717) is 32.2 Å². The van der Waals surface area contributed by atoms with Crippen LogP contribution in [-0.2, 0) is 28.6 Å². The van der Waals surface area contributed by atoms with E-state index in [9.17, 15) is 19.5 Å². The minimum atomic E-state index is -1.05.